The number of ether oxygens (including phenoxy) is 1. The number of hydrogen-bond acceptors (Lipinski definition) is 7. The van der Waals surface area contributed by atoms with Gasteiger partial charge in [0.05, 0.1) is 18.4 Å². The van der Waals surface area contributed by atoms with Crippen molar-refractivity contribution in [3.05, 3.63) is 71.8 Å². The van der Waals surface area contributed by atoms with E-state index in [-0.39, 0.29) is 25.1 Å². The molecule has 2 aromatic rings. The SMILES string of the molecule is CC(C)(NC(=O)O)C(=O)N[C@@H](C=O)C(OCc1ccccc1)N1CCC2=NN(C3CCCC3)C(=O)C2(Cc2ccccc2)C1. The molecule has 2 aromatic carbocycles. The number of amides is 3. The molecule has 2 fully saturated rings. The van der Waals surface area contributed by atoms with Gasteiger partial charge in [0, 0.05) is 19.5 Å². The van der Waals surface area contributed by atoms with Gasteiger partial charge in [-0.15, -0.1) is 0 Å². The van der Waals surface area contributed by atoms with Crippen LogP contribution in [0.3, 0.4) is 0 Å². The Labute approximate surface area is 257 Å². The normalized spacial score (nSPS) is 22.2. The maximum absolute atomic E-state index is 14.4. The minimum absolute atomic E-state index is 0.0340. The van der Waals surface area contributed by atoms with Crippen molar-refractivity contribution < 1.29 is 29.0 Å². The van der Waals surface area contributed by atoms with E-state index in [1.165, 1.54) is 13.8 Å². The second kappa shape index (κ2) is 13.3. The van der Waals surface area contributed by atoms with Gasteiger partial charge in [-0.25, -0.2) is 9.80 Å². The third kappa shape index (κ3) is 6.68. The van der Waals surface area contributed by atoms with E-state index in [4.69, 9.17) is 9.84 Å². The lowest BCUT2D eigenvalue weighted by molar-refractivity contribution is -0.147. The Morgan fingerprint density at radius 2 is 1.73 bits per heavy atom. The summed E-state index contributed by atoms with van der Waals surface area (Å²) in [6, 6.07) is 18.3. The molecule has 2 heterocycles. The molecule has 1 aliphatic carbocycles. The lowest BCUT2D eigenvalue weighted by atomic mass is 9.73. The molecule has 234 valence electrons. The summed E-state index contributed by atoms with van der Waals surface area (Å²) < 4.78 is 6.40. The van der Waals surface area contributed by atoms with Gasteiger partial charge in [-0.3, -0.25) is 14.5 Å². The zero-order valence-electron chi connectivity index (χ0n) is 25.3. The van der Waals surface area contributed by atoms with Crippen LogP contribution in [0.25, 0.3) is 0 Å². The van der Waals surface area contributed by atoms with Crippen LogP contribution in [0.2, 0.25) is 0 Å². The molecular weight excluding hydrogens is 562 g/mol. The van der Waals surface area contributed by atoms with Gasteiger partial charge in [0.2, 0.25) is 5.91 Å². The summed E-state index contributed by atoms with van der Waals surface area (Å²) in [5, 5.41) is 20.8. The van der Waals surface area contributed by atoms with Crippen LogP contribution >= 0.6 is 0 Å². The molecule has 0 radical (unpaired) electrons. The topological polar surface area (TPSA) is 141 Å². The largest absolute Gasteiger partial charge is 0.465 e. The maximum atomic E-state index is 14.4. The Morgan fingerprint density at radius 1 is 1.09 bits per heavy atom. The van der Waals surface area contributed by atoms with Crippen LogP contribution in [-0.4, -0.2) is 81.9 Å². The van der Waals surface area contributed by atoms with Crippen LogP contribution in [0.4, 0.5) is 4.79 Å². The molecule has 2 unspecified atom stereocenters. The first-order valence-corrected chi connectivity index (χ1v) is 15.3. The van der Waals surface area contributed by atoms with Crippen molar-refractivity contribution in [3.63, 3.8) is 0 Å². The molecule has 3 amide bonds. The number of carboxylic acid groups (broad SMARTS) is 1. The molecule has 1 saturated carbocycles. The van der Waals surface area contributed by atoms with Crippen molar-refractivity contribution in [3.8, 4) is 0 Å². The maximum Gasteiger partial charge on any atom is 0.405 e. The number of carbonyl (C=O) groups is 4. The van der Waals surface area contributed by atoms with Crippen LogP contribution < -0.4 is 10.6 Å². The zero-order chi connectivity index (χ0) is 31.3. The molecular formula is C33H41N5O6. The Hall–Kier alpha value is -4.09. The summed E-state index contributed by atoms with van der Waals surface area (Å²) in [5.41, 5.74) is 0.278. The van der Waals surface area contributed by atoms with Crippen molar-refractivity contribution >= 4 is 29.9 Å². The van der Waals surface area contributed by atoms with Gasteiger partial charge in [0.15, 0.2) is 0 Å². The third-order valence-corrected chi connectivity index (χ3v) is 8.89. The molecule has 0 bridgehead atoms. The first kappa shape index (κ1) is 31.3. The smallest absolute Gasteiger partial charge is 0.405 e. The first-order valence-electron chi connectivity index (χ1n) is 15.3. The van der Waals surface area contributed by atoms with Gasteiger partial charge < -0.3 is 25.3 Å². The quantitative estimate of drug-likeness (QED) is 0.316. The highest BCUT2D eigenvalue weighted by atomic mass is 16.5. The molecule has 1 saturated heterocycles. The number of piperidine rings is 1. The minimum Gasteiger partial charge on any atom is -0.465 e. The van der Waals surface area contributed by atoms with Gasteiger partial charge in [0.25, 0.3) is 5.91 Å². The number of rotatable bonds is 12. The predicted octanol–water partition coefficient (Wildman–Crippen LogP) is 3.33. The highest BCUT2D eigenvalue weighted by Crippen LogP contribution is 2.42. The fourth-order valence-corrected chi connectivity index (χ4v) is 6.55. The second-order valence-electron chi connectivity index (χ2n) is 12.5. The number of likely N-dealkylation sites (tertiary alicyclic amines) is 1. The highest BCUT2D eigenvalue weighted by molar-refractivity contribution is 6.13. The molecule has 5 rings (SSSR count). The van der Waals surface area contributed by atoms with Crippen LogP contribution in [0, 0.1) is 5.41 Å². The number of nitrogens with zero attached hydrogens (tertiary/aromatic N) is 3. The number of nitrogens with one attached hydrogen (secondary N) is 2. The average molecular weight is 604 g/mol. The summed E-state index contributed by atoms with van der Waals surface area (Å²) in [4.78, 5) is 53.5. The van der Waals surface area contributed by atoms with Crippen molar-refractivity contribution in [2.45, 2.75) is 82.8 Å². The van der Waals surface area contributed by atoms with Crippen molar-refractivity contribution in [2.24, 2.45) is 10.5 Å². The molecule has 2 aliphatic heterocycles. The molecule has 11 heteroatoms. The average Bonchev–Trinajstić information content (AvgIpc) is 3.63. The second-order valence-corrected chi connectivity index (χ2v) is 12.5. The summed E-state index contributed by atoms with van der Waals surface area (Å²) in [6.45, 7) is 3.71. The van der Waals surface area contributed by atoms with Crippen LogP contribution in [0.1, 0.15) is 57.1 Å². The van der Waals surface area contributed by atoms with Crippen LogP contribution in [-0.2, 0) is 32.1 Å². The van der Waals surface area contributed by atoms with Gasteiger partial charge >= 0.3 is 6.09 Å². The van der Waals surface area contributed by atoms with Crippen LogP contribution in [0.15, 0.2) is 65.8 Å². The number of carbonyl (C=O) groups excluding carboxylic acids is 3. The van der Waals surface area contributed by atoms with Crippen molar-refractivity contribution in [2.75, 3.05) is 13.1 Å². The summed E-state index contributed by atoms with van der Waals surface area (Å²) in [6.07, 6.45) is 3.26. The molecule has 3 atom stereocenters. The Kier molecular flexibility index (Phi) is 9.45. The number of hydrogen-bond donors (Lipinski definition) is 3. The minimum atomic E-state index is -1.50. The number of fused-ring (bicyclic) bond motifs is 1. The van der Waals surface area contributed by atoms with E-state index in [9.17, 15) is 24.3 Å². The van der Waals surface area contributed by atoms with E-state index in [0.29, 0.717) is 25.7 Å². The predicted molar refractivity (Wildman–Crippen MR) is 164 cm³/mol. The fraction of sp³-hybridized carbons (Fsp3) is 0.485. The monoisotopic (exact) mass is 603 g/mol. The summed E-state index contributed by atoms with van der Waals surface area (Å²) in [5.74, 6) is -0.707. The Morgan fingerprint density at radius 3 is 2.34 bits per heavy atom. The number of hydrazone groups is 1. The van der Waals surface area contributed by atoms with E-state index in [0.717, 1.165) is 42.5 Å². The molecule has 3 aliphatic rings. The molecule has 11 nitrogen and oxygen atoms in total. The van der Waals surface area contributed by atoms with Crippen molar-refractivity contribution in [1.82, 2.24) is 20.5 Å². The number of benzene rings is 2. The highest BCUT2D eigenvalue weighted by Gasteiger charge is 2.56. The Bertz CT molecular complexity index is 1380. The standard InChI is InChI=1S/C33H41N5O6/c1-32(2,35-31(42)43)29(40)34-26(20-39)28(44-21-24-13-7-4-8-14-24)37-18-17-27-33(22-37,19-23-11-5-3-6-12-23)30(41)38(36-27)25-15-9-10-16-25/h3-8,11-14,20,25-26,28,35H,9-10,15-19,21-22H2,1-2H3,(H,34,40)(H,42,43)/t26-,28?,33?/m0/s1. The van der Waals surface area contributed by atoms with Gasteiger partial charge in [-0.1, -0.05) is 73.5 Å². The Balaban J connectivity index is 1.46. The first-order chi connectivity index (χ1) is 21.1. The van der Waals surface area contributed by atoms with Gasteiger partial charge in [-0.2, -0.15) is 5.10 Å². The molecule has 0 spiro atoms. The van der Waals surface area contributed by atoms with E-state index in [1.807, 2.05) is 65.6 Å². The lowest BCUT2D eigenvalue weighted by Gasteiger charge is -2.44. The molecule has 0 aromatic heterocycles. The van der Waals surface area contributed by atoms with E-state index >= 15 is 0 Å². The van der Waals surface area contributed by atoms with E-state index in [1.54, 1.807) is 5.01 Å². The molecule has 3 N–H and O–H groups in total. The summed E-state index contributed by atoms with van der Waals surface area (Å²) >= 11 is 0. The third-order valence-electron chi connectivity index (χ3n) is 8.89. The fourth-order valence-electron chi connectivity index (χ4n) is 6.55. The van der Waals surface area contributed by atoms with Crippen molar-refractivity contribution in [1.29, 1.82) is 0 Å². The van der Waals surface area contributed by atoms with Gasteiger partial charge in [0.1, 0.15) is 29.5 Å². The summed E-state index contributed by atoms with van der Waals surface area (Å²) in [7, 11) is 0. The van der Waals surface area contributed by atoms with E-state index < -0.39 is 35.2 Å². The van der Waals surface area contributed by atoms with E-state index in [2.05, 4.69) is 10.6 Å². The lowest BCUT2D eigenvalue weighted by Crippen LogP contribution is -2.64. The zero-order valence-corrected chi connectivity index (χ0v) is 25.3. The van der Waals surface area contributed by atoms with Crippen LogP contribution in [0.5, 0.6) is 0 Å². The van der Waals surface area contributed by atoms with Gasteiger partial charge in [-0.05, 0) is 44.2 Å². The number of aldehydes is 1. The molecule has 44 heavy (non-hydrogen) atoms.